The Bertz CT molecular complexity index is 1060. The lowest BCUT2D eigenvalue weighted by Gasteiger charge is -2.38. The molecule has 0 aromatic carbocycles. The highest BCUT2D eigenvalue weighted by Crippen LogP contribution is 2.58. The molecule has 0 saturated carbocycles. The van der Waals surface area contributed by atoms with Gasteiger partial charge in [-0.3, -0.25) is 9.35 Å². The molecular formula is C15H22F11N2O8S2+. The van der Waals surface area contributed by atoms with Crippen LogP contribution in [0.15, 0.2) is 0 Å². The number of alkyl halides is 11. The van der Waals surface area contributed by atoms with Gasteiger partial charge in [-0.05, 0) is 0 Å². The molecule has 0 heterocycles. The molecule has 0 rings (SSSR count). The van der Waals surface area contributed by atoms with Gasteiger partial charge in [0, 0.05) is 13.0 Å². The van der Waals surface area contributed by atoms with Crippen LogP contribution in [0.3, 0.4) is 0 Å². The minimum atomic E-state index is -8.04. The van der Waals surface area contributed by atoms with Crippen LogP contribution in [0.2, 0.25) is 0 Å². The first-order valence-corrected chi connectivity index (χ1v) is 12.7. The lowest BCUT2D eigenvalue weighted by molar-refractivity contribution is -0.893. The average Bonchev–Trinajstić information content (AvgIpc) is 2.62. The van der Waals surface area contributed by atoms with Crippen molar-refractivity contribution in [2.24, 2.45) is 0 Å². The van der Waals surface area contributed by atoms with Gasteiger partial charge in [-0.1, -0.05) is 0 Å². The topological polar surface area (TPSA) is 149 Å². The summed E-state index contributed by atoms with van der Waals surface area (Å²) in [5.41, 5.74) is 0. The van der Waals surface area contributed by atoms with Gasteiger partial charge < -0.3 is 14.7 Å². The number of aliphatic hydroxyl groups excluding tert-OH is 1. The smallest absolute Gasteiger partial charge is 0.460 e. The number of aliphatic hydroxyl groups is 1. The summed E-state index contributed by atoms with van der Waals surface area (Å²) in [5, 5.41) is 11.0. The van der Waals surface area contributed by atoms with Gasteiger partial charge in [0.05, 0.1) is 20.6 Å². The number of hydrogen-bond acceptors (Lipinski definition) is 6. The monoisotopic (exact) mass is 631 g/mol. The molecule has 1 atom stereocenters. The number of carbonyl (C=O) groups is 1. The molecule has 23 heteroatoms. The van der Waals surface area contributed by atoms with Crippen molar-refractivity contribution in [2.75, 3.05) is 46.0 Å². The van der Waals surface area contributed by atoms with E-state index in [1.165, 1.54) is 14.1 Å². The van der Waals surface area contributed by atoms with Crippen LogP contribution >= 0.6 is 0 Å². The van der Waals surface area contributed by atoms with Gasteiger partial charge in [-0.25, -0.2) is 8.42 Å². The SMILES string of the molecule is C[N+](C)(CCCN(CC(=O)O)S(=O)(=O)C(F)(F)C(F)(F)C(F)(F)C(F)(F)C(F)(F)F)CC(O)CS(=O)(=O)O. The van der Waals surface area contributed by atoms with E-state index in [1.54, 1.807) is 0 Å². The summed E-state index contributed by atoms with van der Waals surface area (Å²) in [6.07, 6.45) is -10.1. The lowest BCUT2D eigenvalue weighted by atomic mass is 10.0. The molecule has 0 aliphatic carbocycles. The highest BCUT2D eigenvalue weighted by Gasteiger charge is 2.89. The molecule has 228 valence electrons. The van der Waals surface area contributed by atoms with Crippen molar-refractivity contribution in [3.63, 3.8) is 0 Å². The van der Waals surface area contributed by atoms with Crippen LogP contribution in [-0.4, -0.2) is 128 Å². The van der Waals surface area contributed by atoms with E-state index in [-0.39, 0.29) is 0 Å². The van der Waals surface area contributed by atoms with Gasteiger partial charge in [0.2, 0.25) is 0 Å². The van der Waals surface area contributed by atoms with Crippen molar-refractivity contribution in [3.8, 4) is 0 Å². The van der Waals surface area contributed by atoms with E-state index in [9.17, 15) is 75.0 Å². The maximum Gasteiger partial charge on any atom is 0.460 e. The number of carboxylic acids is 1. The van der Waals surface area contributed by atoms with E-state index in [2.05, 4.69) is 0 Å². The standard InChI is InChI=1S/C15H21F11N2O8S2/c1-28(2,7-9(29)8-37(32,33)34)5-3-4-27(6-10(30)31)38(35,36)15(25,26)13(20,21)11(16,17)12(18,19)14(22,23)24/h9,29H,3-8H2,1-2H3,(H-,30,31,32,33,34)/p+1. The average molecular weight is 631 g/mol. The van der Waals surface area contributed by atoms with Crippen LogP contribution in [0.1, 0.15) is 6.42 Å². The summed E-state index contributed by atoms with van der Waals surface area (Å²) in [6, 6.07) is 0. The zero-order valence-corrected chi connectivity index (χ0v) is 20.7. The predicted molar refractivity (Wildman–Crippen MR) is 103 cm³/mol. The van der Waals surface area contributed by atoms with Gasteiger partial charge >= 0.3 is 35.2 Å². The van der Waals surface area contributed by atoms with E-state index in [0.29, 0.717) is 0 Å². The van der Waals surface area contributed by atoms with Crippen LogP contribution in [0.25, 0.3) is 0 Å². The number of aliphatic carboxylic acids is 1. The number of rotatable bonds is 15. The summed E-state index contributed by atoms with van der Waals surface area (Å²) in [6.45, 7) is -4.71. The van der Waals surface area contributed by atoms with Crippen molar-refractivity contribution in [3.05, 3.63) is 0 Å². The second-order valence-electron chi connectivity index (χ2n) is 8.57. The quantitative estimate of drug-likeness (QED) is 0.140. The first kappa shape index (κ1) is 36.4. The first-order valence-electron chi connectivity index (χ1n) is 9.62. The molecule has 0 spiro atoms. The lowest BCUT2D eigenvalue weighted by Crippen LogP contribution is -2.69. The van der Waals surface area contributed by atoms with E-state index < -0.39 is 109 Å². The van der Waals surface area contributed by atoms with E-state index in [0.717, 1.165) is 0 Å². The van der Waals surface area contributed by atoms with Crippen LogP contribution in [0.5, 0.6) is 0 Å². The Kier molecular flexibility index (Phi) is 10.7. The van der Waals surface area contributed by atoms with Crippen LogP contribution in [0, 0.1) is 0 Å². The molecule has 1 unspecified atom stereocenters. The fourth-order valence-electron chi connectivity index (χ4n) is 2.95. The highest BCUT2D eigenvalue weighted by molar-refractivity contribution is 7.90. The van der Waals surface area contributed by atoms with Gasteiger partial charge in [0.25, 0.3) is 20.1 Å². The number of sulfonamides is 1. The van der Waals surface area contributed by atoms with Crippen LogP contribution < -0.4 is 0 Å². The third kappa shape index (κ3) is 7.76. The molecule has 10 nitrogen and oxygen atoms in total. The number of halogens is 11. The Labute approximate surface area is 208 Å². The van der Waals surface area contributed by atoms with Gasteiger partial charge in [0.15, 0.2) is 0 Å². The fraction of sp³-hybridized carbons (Fsp3) is 0.933. The first-order chi connectivity index (χ1) is 16.4. The Morgan fingerprint density at radius 3 is 1.68 bits per heavy atom. The van der Waals surface area contributed by atoms with E-state index >= 15 is 0 Å². The molecule has 0 fully saturated rings. The Morgan fingerprint density at radius 2 is 1.32 bits per heavy atom. The molecule has 38 heavy (non-hydrogen) atoms. The van der Waals surface area contributed by atoms with Crippen molar-refractivity contribution >= 4 is 26.1 Å². The number of carboxylic acid groups (broad SMARTS) is 1. The molecule has 3 N–H and O–H groups in total. The number of likely N-dealkylation sites (N-methyl/N-ethyl adjacent to an activating group) is 1. The predicted octanol–water partition coefficient (Wildman–Crippen LogP) is 1.48. The molecule has 0 aliphatic rings. The molecule has 0 aromatic heterocycles. The second-order valence-corrected chi connectivity index (χ2v) is 12.0. The molecule has 0 aliphatic heterocycles. The summed E-state index contributed by atoms with van der Waals surface area (Å²) in [7, 11) is -9.69. The van der Waals surface area contributed by atoms with Crippen molar-refractivity contribution in [2.45, 2.75) is 41.7 Å². The molecular weight excluding hydrogens is 609 g/mol. The van der Waals surface area contributed by atoms with Crippen LogP contribution in [-0.2, 0) is 24.9 Å². The van der Waals surface area contributed by atoms with Gasteiger partial charge in [-0.15, -0.1) is 0 Å². The largest absolute Gasteiger partial charge is 0.480 e. The third-order valence-electron chi connectivity index (χ3n) is 4.76. The number of nitrogens with zero attached hydrogens (tertiary/aromatic N) is 2. The van der Waals surface area contributed by atoms with Gasteiger partial charge in [-0.2, -0.15) is 61.0 Å². The molecule has 0 aromatic rings. The maximum absolute atomic E-state index is 14.2. The summed E-state index contributed by atoms with van der Waals surface area (Å²) >= 11 is 0. The molecule has 0 saturated heterocycles. The molecule has 0 amide bonds. The zero-order valence-electron chi connectivity index (χ0n) is 19.1. The summed E-state index contributed by atoms with van der Waals surface area (Å²) in [4.78, 5) is 10.9. The second kappa shape index (κ2) is 11.1. The number of quaternary nitrogens is 1. The Balaban J connectivity index is 6.14. The molecule has 0 bridgehead atoms. The Morgan fingerprint density at radius 1 is 0.868 bits per heavy atom. The normalized spacial score (nSPS) is 16.1. The highest BCUT2D eigenvalue weighted by atomic mass is 32.2. The summed E-state index contributed by atoms with van der Waals surface area (Å²) < 4.78 is 199. The maximum atomic E-state index is 14.2. The minimum Gasteiger partial charge on any atom is -0.480 e. The fourth-order valence-corrected chi connectivity index (χ4v) is 4.97. The summed E-state index contributed by atoms with van der Waals surface area (Å²) in [5.74, 6) is -27.4. The van der Waals surface area contributed by atoms with Crippen molar-refractivity contribution < 1.29 is 89.2 Å². The third-order valence-corrected chi connectivity index (χ3v) is 7.47. The van der Waals surface area contributed by atoms with Crippen molar-refractivity contribution in [1.82, 2.24) is 4.31 Å². The Hall–Kier alpha value is -1.56. The van der Waals surface area contributed by atoms with Gasteiger partial charge in [0.1, 0.15) is 24.9 Å². The minimum absolute atomic E-state index is 0.502. The van der Waals surface area contributed by atoms with E-state index in [1.807, 2.05) is 0 Å². The van der Waals surface area contributed by atoms with Crippen molar-refractivity contribution in [1.29, 1.82) is 0 Å². The number of hydrogen-bond donors (Lipinski definition) is 3. The van der Waals surface area contributed by atoms with E-state index in [4.69, 9.17) is 9.66 Å². The van der Waals surface area contributed by atoms with Crippen LogP contribution in [0.4, 0.5) is 48.3 Å². The zero-order chi connectivity index (χ0) is 31.0. The molecule has 0 radical (unpaired) electrons.